The molecule has 3 rings (SSSR count). The molecule has 1 saturated heterocycles. The fraction of sp³-hybridized carbons (Fsp3) is 0.381. The van der Waals surface area contributed by atoms with Crippen molar-refractivity contribution in [3.8, 4) is 0 Å². The SMILES string of the molecule is CC(C)N1[C@H](c2ccc(Cl)cc2)[C@@H](c2cccc(Cl)c2)C[C@@H](CC(=O)O)S1(O)O. The minimum Gasteiger partial charge on any atom is -0.481 e. The van der Waals surface area contributed by atoms with Gasteiger partial charge in [0.15, 0.2) is 0 Å². The van der Waals surface area contributed by atoms with E-state index in [1.165, 1.54) is 0 Å². The Morgan fingerprint density at radius 1 is 1.10 bits per heavy atom. The van der Waals surface area contributed by atoms with Crippen LogP contribution in [-0.4, -0.2) is 35.8 Å². The third-order valence-corrected chi connectivity index (χ3v) is 8.34. The molecule has 0 radical (unpaired) electrons. The van der Waals surface area contributed by atoms with Crippen LogP contribution in [0.3, 0.4) is 0 Å². The molecule has 1 fully saturated rings. The van der Waals surface area contributed by atoms with Crippen molar-refractivity contribution in [2.75, 3.05) is 0 Å². The molecule has 3 atom stereocenters. The highest BCUT2D eigenvalue weighted by Crippen LogP contribution is 2.64. The van der Waals surface area contributed by atoms with Crippen LogP contribution in [0.5, 0.6) is 0 Å². The zero-order valence-corrected chi connectivity index (χ0v) is 18.5. The fourth-order valence-corrected chi connectivity index (χ4v) is 6.90. The maximum absolute atomic E-state index is 11.5. The van der Waals surface area contributed by atoms with Crippen molar-refractivity contribution in [3.63, 3.8) is 0 Å². The first kappa shape index (κ1) is 22.4. The number of carboxylic acid groups (broad SMARTS) is 1. The molecule has 0 spiro atoms. The van der Waals surface area contributed by atoms with Crippen molar-refractivity contribution in [3.05, 3.63) is 69.7 Å². The summed E-state index contributed by atoms with van der Waals surface area (Å²) in [5.41, 5.74) is 1.83. The highest BCUT2D eigenvalue weighted by Gasteiger charge is 2.49. The van der Waals surface area contributed by atoms with E-state index >= 15 is 0 Å². The van der Waals surface area contributed by atoms with Crippen LogP contribution >= 0.6 is 34.0 Å². The Balaban J connectivity index is 2.17. The minimum atomic E-state index is -3.33. The van der Waals surface area contributed by atoms with Gasteiger partial charge in [0, 0.05) is 22.0 Å². The van der Waals surface area contributed by atoms with E-state index < -0.39 is 22.0 Å². The van der Waals surface area contributed by atoms with Gasteiger partial charge in [-0.2, -0.15) is 4.31 Å². The molecule has 2 aromatic rings. The van der Waals surface area contributed by atoms with Gasteiger partial charge in [-0.3, -0.25) is 13.9 Å². The maximum Gasteiger partial charge on any atom is 0.305 e. The third kappa shape index (κ3) is 4.74. The highest BCUT2D eigenvalue weighted by atomic mass is 35.5. The van der Waals surface area contributed by atoms with E-state index in [0.29, 0.717) is 16.5 Å². The van der Waals surface area contributed by atoms with Crippen LogP contribution in [0.2, 0.25) is 10.0 Å². The first-order chi connectivity index (χ1) is 13.6. The number of carbonyl (C=O) groups is 1. The monoisotopic (exact) mass is 457 g/mol. The Bertz CT molecular complexity index is 875. The average Bonchev–Trinajstić information content (AvgIpc) is 2.62. The molecule has 1 aliphatic heterocycles. The van der Waals surface area contributed by atoms with E-state index in [2.05, 4.69) is 0 Å². The average molecular weight is 458 g/mol. The third-order valence-electron chi connectivity index (χ3n) is 5.33. The molecule has 2 aromatic carbocycles. The number of nitrogens with zero attached hydrogens (tertiary/aromatic N) is 1. The van der Waals surface area contributed by atoms with Crippen molar-refractivity contribution in [2.24, 2.45) is 0 Å². The van der Waals surface area contributed by atoms with E-state index in [9.17, 15) is 19.0 Å². The van der Waals surface area contributed by atoms with Gasteiger partial charge in [0.1, 0.15) is 0 Å². The first-order valence-corrected chi connectivity index (χ1v) is 11.7. The molecular weight excluding hydrogens is 433 g/mol. The standard InChI is InChI=1S/C21H25Cl2NO4S/c1-13(2)24-21(14-6-8-16(22)9-7-14)19(15-4-3-5-17(23)10-15)11-18(12-20(25)26)29(24,27)28/h3-10,13,18-19,21,27-28H,11-12H2,1-2H3,(H,25,26)/t18-,19+,21+/m0/s1. The van der Waals surface area contributed by atoms with E-state index in [4.69, 9.17) is 23.2 Å². The summed E-state index contributed by atoms with van der Waals surface area (Å²) >= 11 is 12.3. The molecule has 0 bridgehead atoms. The Morgan fingerprint density at radius 3 is 2.31 bits per heavy atom. The van der Waals surface area contributed by atoms with Crippen molar-refractivity contribution in [2.45, 2.75) is 49.9 Å². The van der Waals surface area contributed by atoms with Crippen molar-refractivity contribution in [1.29, 1.82) is 0 Å². The van der Waals surface area contributed by atoms with Gasteiger partial charge in [0.2, 0.25) is 0 Å². The normalized spacial score (nSPS) is 25.7. The number of rotatable bonds is 5. The predicted octanol–water partition coefficient (Wildman–Crippen LogP) is 6.44. The lowest BCUT2D eigenvalue weighted by Crippen LogP contribution is -2.49. The maximum atomic E-state index is 11.5. The number of hydrogen-bond acceptors (Lipinski definition) is 4. The largest absolute Gasteiger partial charge is 0.481 e. The van der Waals surface area contributed by atoms with E-state index in [-0.39, 0.29) is 24.4 Å². The topological polar surface area (TPSA) is 81.0 Å². The lowest BCUT2D eigenvalue weighted by molar-refractivity contribution is -0.137. The summed E-state index contributed by atoms with van der Waals surface area (Å²) in [5, 5.41) is 9.77. The van der Waals surface area contributed by atoms with Gasteiger partial charge in [-0.05, 0) is 55.7 Å². The second-order valence-corrected chi connectivity index (χ2v) is 10.7. The number of benzene rings is 2. The molecule has 158 valence electrons. The Morgan fingerprint density at radius 2 is 1.76 bits per heavy atom. The number of carboxylic acids is 1. The van der Waals surface area contributed by atoms with Gasteiger partial charge >= 0.3 is 5.97 Å². The smallest absolute Gasteiger partial charge is 0.305 e. The Labute approximate surface area is 182 Å². The molecule has 5 nitrogen and oxygen atoms in total. The zero-order chi connectivity index (χ0) is 21.3. The lowest BCUT2D eigenvalue weighted by Gasteiger charge is -2.59. The second kappa shape index (κ2) is 8.84. The van der Waals surface area contributed by atoms with E-state index in [1.807, 2.05) is 44.2 Å². The minimum absolute atomic E-state index is 0.165. The fourth-order valence-electron chi connectivity index (χ4n) is 4.17. The lowest BCUT2D eigenvalue weighted by atomic mass is 9.82. The van der Waals surface area contributed by atoms with Gasteiger partial charge in [-0.25, -0.2) is 0 Å². The number of aliphatic carboxylic acids is 1. The molecule has 0 saturated carbocycles. The first-order valence-electron chi connectivity index (χ1n) is 9.39. The summed E-state index contributed by atoms with van der Waals surface area (Å²) in [7, 11) is -3.33. The molecule has 0 amide bonds. The van der Waals surface area contributed by atoms with Crippen LogP contribution in [0.25, 0.3) is 0 Å². The van der Waals surface area contributed by atoms with Gasteiger partial charge < -0.3 is 5.11 Å². The quantitative estimate of drug-likeness (QED) is 0.480. The molecule has 0 aromatic heterocycles. The van der Waals surface area contributed by atoms with E-state index in [1.54, 1.807) is 22.5 Å². The van der Waals surface area contributed by atoms with Gasteiger partial charge in [-0.15, -0.1) is 10.8 Å². The van der Waals surface area contributed by atoms with Gasteiger partial charge in [-0.1, -0.05) is 47.5 Å². The summed E-state index contributed by atoms with van der Waals surface area (Å²) in [6, 6.07) is 14.2. The summed E-state index contributed by atoms with van der Waals surface area (Å²) < 4.78 is 24.0. The van der Waals surface area contributed by atoms with Crippen LogP contribution in [0, 0.1) is 0 Å². The van der Waals surface area contributed by atoms with Crippen LogP contribution < -0.4 is 0 Å². The van der Waals surface area contributed by atoms with Gasteiger partial charge in [0.25, 0.3) is 0 Å². The van der Waals surface area contributed by atoms with Crippen molar-refractivity contribution < 1.29 is 19.0 Å². The molecule has 8 heteroatoms. The van der Waals surface area contributed by atoms with Crippen LogP contribution in [0.4, 0.5) is 0 Å². The molecule has 3 N–H and O–H groups in total. The van der Waals surface area contributed by atoms with E-state index in [0.717, 1.165) is 11.1 Å². The number of hydrogen-bond donors (Lipinski definition) is 3. The molecule has 29 heavy (non-hydrogen) atoms. The molecule has 0 unspecified atom stereocenters. The molecular formula is C21H25Cl2NO4S. The van der Waals surface area contributed by atoms with Crippen LogP contribution in [0.1, 0.15) is 49.8 Å². The van der Waals surface area contributed by atoms with Gasteiger partial charge in [0.05, 0.1) is 17.7 Å². The summed E-state index contributed by atoms with van der Waals surface area (Å²) in [6.07, 6.45) is 0.0153. The van der Waals surface area contributed by atoms with Crippen LogP contribution in [-0.2, 0) is 4.79 Å². The van der Waals surface area contributed by atoms with Crippen molar-refractivity contribution >= 4 is 39.9 Å². The molecule has 1 aliphatic rings. The summed E-state index contributed by atoms with van der Waals surface area (Å²) in [5.74, 6) is -1.21. The zero-order valence-electron chi connectivity index (χ0n) is 16.2. The Kier molecular flexibility index (Phi) is 6.83. The molecule has 0 aliphatic carbocycles. The summed E-state index contributed by atoms with van der Waals surface area (Å²) in [6.45, 7) is 3.77. The summed E-state index contributed by atoms with van der Waals surface area (Å²) in [4.78, 5) is 11.5. The Hall–Kier alpha value is -1.28. The predicted molar refractivity (Wildman–Crippen MR) is 119 cm³/mol. The van der Waals surface area contributed by atoms with Crippen LogP contribution in [0.15, 0.2) is 48.5 Å². The molecule has 1 heterocycles. The highest BCUT2D eigenvalue weighted by molar-refractivity contribution is 8.22. The number of halogens is 2. The second-order valence-electron chi connectivity index (χ2n) is 7.63. The van der Waals surface area contributed by atoms with Crippen molar-refractivity contribution in [1.82, 2.24) is 4.31 Å².